The zero-order chi connectivity index (χ0) is 18.9. The van der Waals surface area contributed by atoms with E-state index in [1.165, 1.54) is 37.8 Å². The highest BCUT2D eigenvalue weighted by molar-refractivity contribution is 5.79. The van der Waals surface area contributed by atoms with Gasteiger partial charge in [-0.05, 0) is 59.2 Å². The van der Waals surface area contributed by atoms with Gasteiger partial charge in [0.05, 0.1) is 5.69 Å². The van der Waals surface area contributed by atoms with Crippen LogP contribution in [0.2, 0.25) is 0 Å². The van der Waals surface area contributed by atoms with Crippen molar-refractivity contribution in [1.82, 2.24) is 25.3 Å². The van der Waals surface area contributed by atoms with E-state index in [0.717, 1.165) is 43.6 Å². The van der Waals surface area contributed by atoms with E-state index in [1.807, 2.05) is 14.0 Å². The highest BCUT2D eigenvalue weighted by Crippen LogP contribution is 2.27. The van der Waals surface area contributed by atoms with E-state index >= 15 is 0 Å². The van der Waals surface area contributed by atoms with Crippen LogP contribution >= 0.6 is 0 Å². The molecule has 6 heteroatoms. The SMILES string of the molecule is CN=C(NCCCn1nc(C)cc1C)NCC(C1CCCCC1)N(C)C. The summed E-state index contributed by atoms with van der Waals surface area (Å²) in [6.45, 7) is 6.94. The van der Waals surface area contributed by atoms with Crippen LogP contribution in [0.15, 0.2) is 11.1 Å². The summed E-state index contributed by atoms with van der Waals surface area (Å²) in [4.78, 5) is 6.76. The molecular weight excluding hydrogens is 324 g/mol. The van der Waals surface area contributed by atoms with Gasteiger partial charge in [-0.15, -0.1) is 0 Å². The van der Waals surface area contributed by atoms with E-state index in [0.29, 0.717) is 6.04 Å². The second-order valence-corrected chi connectivity index (χ2v) is 7.81. The normalized spacial score (nSPS) is 17.5. The standard InChI is InChI=1S/C20H38N6/c1-16-14-17(2)26(24-16)13-9-12-22-20(21-3)23-15-19(25(4)5)18-10-7-6-8-11-18/h14,18-19H,6-13,15H2,1-5H3,(H2,21,22,23). The predicted molar refractivity (Wildman–Crippen MR) is 110 cm³/mol. The van der Waals surface area contributed by atoms with E-state index in [1.54, 1.807) is 0 Å². The smallest absolute Gasteiger partial charge is 0.191 e. The molecule has 1 heterocycles. The third-order valence-corrected chi connectivity index (χ3v) is 5.50. The van der Waals surface area contributed by atoms with Crippen molar-refractivity contribution in [1.29, 1.82) is 0 Å². The van der Waals surface area contributed by atoms with Crippen molar-refractivity contribution in [2.24, 2.45) is 10.9 Å². The number of aryl methyl sites for hydroxylation is 3. The van der Waals surface area contributed by atoms with Crippen molar-refractivity contribution in [2.45, 2.75) is 65.0 Å². The van der Waals surface area contributed by atoms with E-state index in [-0.39, 0.29) is 0 Å². The lowest BCUT2D eigenvalue weighted by Gasteiger charge is -2.35. The zero-order valence-electron chi connectivity index (χ0n) is 17.4. The molecule has 0 radical (unpaired) electrons. The lowest BCUT2D eigenvalue weighted by molar-refractivity contribution is 0.171. The summed E-state index contributed by atoms with van der Waals surface area (Å²) in [6.07, 6.45) is 7.92. The molecule has 0 bridgehead atoms. The van der Waals surface area contributed by atoms with Gasteiger partial charge in [-0.25, -0.2) is 0 Å². The Hall–Kier alpha value is -1.56. The maximum atomic E-state index is 4.52. The van der Waals surface area contributed by atoms with Crippen LogP contribution in [0.3, 0.4) is 0 Å². The average Bonchev–Trinajstić information content (AvgIpc) is 2.95. The van der Waals surface area contributed by atoms with Gasteiger partial charge >= 0.3 is 0 Å². The van der Waals surface area contributed by atoms with Gasteiger partial charge in [0, 0.05) is 38.4 Å². The molecule has 6 nitrogen and oxygen atoms in total. The van der Waals surface area contributed by atoms with Crippen LogP contribution in [0, 0.1) is 19.8 Å². The Morgan fingerprint density at radius 2 is 2.00 bits per heavy atom. The Morgan fingerprint density at radius 1 is 1.27 bits per heavy atom. The quantitative estimate of drug-likeness (QED) is 0.424. The molecule has 2 N–H and O–H groups in total. The highest BCUT2D eigenvalue weighted by atomic mass is 15.3. The largest absolute Gasteiger partial charge is 0.356 e. The fourth-order valence-corrected chi connectivity index (χ4v) is 4.05. The van der Waals surface area contributed by atoms with Crippen LogP contribution in [0.4, 0.5) is 0 Å². The fraction of sp³-hybridized carbons (Fsp3) is 0.800. The number of likely N-dealkylation sites (N-methyl/N-ethyl adjacent to an activating group) is 1. The van der Waals surface area contributed by atoms with Crippen molar-refractivity contribution in [3.8, 4) is 0 Å². The third-order valence-electron chi connectivity index (χ3n) is 5.50. The Morgan fingerprint density at radius 3 is 2.58 bits per heavy atom. The first-order valence-electron chi connectivity index (χ1n) is 10.1. The maximum Gasteiger partial charge on any atom is 0.191 e. The fourth-order valence-electron chi connectivity index (χ4n) is 4.05. The number of hydrogen-bond acceptors (Lipinski definition) is 3. The summed E-state index contributed by atoms with van der Waals surface area (Å²) in [5, 5.41) is 11.5. The number of hydrogen-bond donors (Lipinski definition) is 2. The molecule has 0 aromatic carbocycles. The number of nitrogens with zero attached hydrogens (tertiary/aromatic N) is 4. The van der Waals surface area contributed by atoms with Gasteiger partial charge in [0.2, 0.25) is 0 Å². The monoisotopic (exact) mass is 362 g/mol. The van der Waals surface area contributed by atoms with Crippen molar-refractivity contribution in [3.63, 3.8) is 0 Å². The minimum Gasteiger partial charge on any atom is -0.356 e. The Bertz CT molecular complexity index is 557. The molecule has 0 aliphatic heterocycles. The molecule has 148 valence electrons. The summed E-state index contributed by atoms with van der Waals surface area (Å²) in [5.41, 5.74) is 2.32. The molecule has 0 amide bonds. The van der Waals surface area contributed by atoms with Gasteiger partial charge in [-0.1, -0.05) is 19.3 Å². The zero-order valence-corrected chi connectivity index (χ0v) is 17.4. The van der Waals surface area contributed by atoms with Gasteiger partial charge in [-0.2, -0.15) is 5.10 Å². The number of guanidine groups is 1. The van der Waals surface area contributed by atoms with Crippen molar-refractivity contribution in [3.05, 3.63) is 17.5 Å². The van der Waals surface area contributed by atoms with Gasteiger partial charge < -0.3 is 15.5 Å². The molecule has 1 saturated carbocycles. The lowest BCUT2D eigenvalue weighted by Crippen LogP contribution is -2.48. The van der Waals surface area contributed by atoms with Crippen molar-refractivity contribution < 1.29 is 0 Å². The van der Waals surface area contributed by atoms with Crippen molar-refractivity contribution >= 4 is 5.96 Å². The number of rotatable bonds is 8. The minimum atomic E-state index is 0.573. The van der Waals surface area contributed by atoms with E-state index < -0.39 is 0 Å². The Labute approximate surface area is 159 Å². The topological polar surface area (TPSA) is 57.5 Å². The molecule has 1 atom stereocenters. The first-order valence-corrected chi connectivity index (χ1v) is 10.1. The molecule has 2 rings (SSSR count). The molecule has 1 aliphatic carbocycles. The van der Waals surface area contributed by atoms with Gasteiger partial charge in [0.25, 0.3) is 0 Å². The van der Waals surface area contributed by atoms with Crippen LogP contribution in [0.1, 0.15) is 49.9 Å². The molecule has 0 spiro atoms. The summed E-state index contributed by atoms with van der Waals surface area (Å²) < 4.78 is 2.08. The highest BCUT2D eigenvalue weighted by Gasteiger charge is 2.25. The lowest BCUT2D eigenvalue weighted by atomic mass is 9.83. The molecule has 26 heavy (non-hydrogen) atoms. The molecule has 1 aromatic rings. The molecular formula is C20H38N6. The summed E-state index contributed by atoms with van der Waals surface area (Å²) >= 11 is 0. The van der Waals surface area contributed by atoms with Gasteiger partial charge in [0.15, 0.2) is 5.96 Å². The number of nitrogens with one attached hydrogen (secondary N) is 2. The van der Waals surface area contributed by atoms with Crippen LogP contribution in [0.25, 0.3) is 0 Å². The predicted octanol–water partition coefficient (Wildman–Crippen LogP) is 2.57. The Balaban J connectivity index is 1.73. The van der Waals surface area contributed by atoms with E-state index in [4.69, 9.17) is 0 Å². The summed E-state index contributed by atoms with van der Waals surface area (Å²) in [6, 6.07) is 2.70. The molecule has 1 fully saturated rings. The first-order chi connectivity index (χ1) is 12.5. The molecule has 1 aromatic heterocycles. The van der Waals surface area contributed by atoms with E-state index in [2.05, 4.69) is 57.4 Å². The second-order valence-electron chi connectivity index (χ2n) is 7.81. The maximum absolute atomic E-state index is 4.52. The first kappa shape index (κ1) is 20.7. The Kier molecular flexibility index (Phi) is 8.42. The van der Waals surface area contributed by atoms with Crippen molar-refractivity contribution in [2.75, 3.05) is 34.2 Å². The van der Waals surface area contributed by atoms with Crippen LogP contribution in [-0.2, 0) is 6.54 Å². The summed E-state index contributed by atoms with van der Waals surface area (Å²) in [7, 11) is 6.25. The van der Waals surface area contributed by atoms with Crippen LogP contribution in [-0.4, -0.2) is 60.9 Å². The number of aromatic nitrogens is 2. The van der Waals surface area contributed by atoms with Gasteiger partial charge in [0.1, 0.15) is 0 Å². The molecule has 1 unspecified atom stereocenters. The third kappa shape index (κ3) is 6.31. The van der Waals surface area contributed by atoms with Crippen LogP contribution in [0.5, 0.6) is 0 Å². The molecule has 1 aliphatic rings. The van der Waals surface area contributed by atoms with E-state index in [9.17, 15) is 0 Å². The second kappa shape index (κ2) is 10.6. The molecule has 0 saturated heterocycles. The average molecular weight is 363 g/mol. The van der Waals surface area contributed by atoms with Gasteiger partial charge in [-0.3, -0.25) is 9.67 Å². The van der Waals surface area contributed by atoms with Crippen LogP contribution < -0.4 is 10.6 Å². The number of aliphatic imine (C=N–C) groups is 1. The minimum absolute atomic E-state index is 0.573. The summed E-state index contributed by atoms with van der Waals surface area (Å²) in [5.74, 6) is 1.71.